The van der Waals surface area contributed by atoms with E-state index in [-0.39, 0.29) is 23.7 Å². The highest BCUT2D eigenvalue weighted by atomic mass is 16.5. The summed E-state index contributed by atoms with van der Waals surface area (Å²) in [4.78, 5) is 18.5. The highest BCUT2D eigenvalue weighted by molar-refractivity contribution is 6.08. The van der Waals surface area contributed by atoms with E-state index in [1.807, 2.05) is 57.2 Å². The van der Waals surface area contributed by atoms with Crippen LogP contribution >= 0.6 is 0 Å². The molecule has 2 aromatic carbocycles. The summed E-state index contributed by atoms with van der Waals surface area (Å²) in [5.41, 5.74) is 5.23. The van der Waals surface area contributed by atoms with Gasteiger partial charge in [0.25, 0.3) is 5.91 Å². The van der Waals surface area contributed by atoms with Crippen molar-refractivity contribution in [1.82, 2.24) is 9.55 Å². The van der Waals surface area contributed by atoms with E-state index in [0.717, 1.165) is 45.9 Å². The third-order valence-corrected chi connectivity index (χ3v) is 6.95. The van der Waals surface area contributed by atoms with Crippen molar-refractivity contribution in [2.24, 2.45) is 0 Å². The van der Waals surface area contributed by atoms with Crippen molar-refractivity contribution in [3.05, 3.63) is 71.6 Å². The Morgan fingerprint density at radius 3 is 2.67 bits per heavy atom. The molecule has 186 valence electrons. The molecule has 2 atom stereocenters. The molecule has 6 rings (SSSR count). The van der Waals surface area contributed by atoms with Crippen LogP contribution in [0.1, 0.15) is 80.7 Å². The number of carbonyl (C=O) groups is 1. The Kier molecular flexibility index (Phi) is 5.52. The summed E-state index contributed by atoms with van der Waals surface area (Å²) >= 11 is 0. The van der Waals surface area contributed by atoms with Crippen LogP contribution in [0.4, 0.5) is 5.69 Å². The molecule has 1 N–H and O–H groups in total. The monoisotopic (exact) mass is 483 g/mol. The number of nitrogens with one attached hydrogen (secondary N) is 1. The summed E-state index contributed by atoms with van der Waals surface area (Å²) in [7, 11) is 0. The molecule has 1 unspecified atom stereocenters. The summed E-state index contributed by atoms with van der Waals surface area (Å²) in [5.74, 6) is 2.24. The number of rotatable bonds is 4. The first-order chi connectivity index (χ1) is 17.3. The van der Waals surface area contributed by atoms with E-state index in [4.69, 9.17) is 14.5 Å². The molecule has 3 aliphatic rings. The first kappa shape index (κ1) is 23.0. The van der Waals surface area contributed by atoms with Crippen LogP contribution in [0.15, 0.2) is 54.6 Å². The van der Waals surface area contributed by atoms with E-state index in [1.165, 1.54) is 12.8 Å². The maximum atomic E-state index is 13.4. The fraction of sp³-hybridized carbons (Fsp3) is 0.400. The van der Waals surface area contributed by atoms with Crippen molar-refractivity contribution >= 4 is 28.2 Å². The molecule has 6 nitrogen and oxygen atoms in total. The first-order valence-electron chi connectivity index (χ1n) is 12.9. The van der Waals surface area contributed by atoms with Crippen LogP contribution in [0.5, 0.6) is 5.75 Å². The topological polar surface area (TPSA) is 65.4 Å². The number of anilines is 1. The maximum absolute atomic E-state index is 13.4. The van der Waals surface area contributed by atoms with E-state index in [0.29, 0.717) is 18.1 Å². The zero-order chi connectivity index (χ0) is 25.0. The van der Waals surface area contributed by atoms with Crippen LogP contribution in [-0.2, 0) is 4.74 Å². The summed E-state index contributed by atoms with van der Waals surface area (Å²) < 4.78 is 14.6. The van der Waals surface area contributed by atoms with E-state index < -0.39 is 0 Å². The molecule has 1 aromatic heterocycles. The average Bonchev–Trinajstić information content (AvgIpc) is 3.61. The van der Waals surface area contributed by atoms with Gasteiger partial charge in [-0.2, -0.15) is 0 Å². The lowest BCUT2D eigenvalue weighted by atomic mass is 9.91. The number of benzene rings is 2. The van der Waals surface area contributed by atoms with Crippen LogP contribution in [0.3, 0.4) is 0 Å². The molecule has 0 radical (unpaired) electrons. The van der Waals surface area contributed by atoms with Crippen LogP contribution < -0.4 is 10.1 Å². The molecular formula is C30H33N3O3. The largest absolute Gasteiger partial charge is 0.488 e. The smallest absolute Gasteiger partial charge is 0.255 e. The fourth-order valence-electron chi connectivity index (χ4n) is 5.20. The number of hydrogen-bond acceptors (Lipinski definition) is 4. The number of nitrogens with zero attached hydrogens (tertiary/aromatic N) is 2. The van der Waals surface area contributed by atoms with Gasteiger partial charge in [-0.1, -0.05) is 18.2 Å². The van der Waals surface area contributed by atoms with E-state index in [1.54, 1.807) is 0 Å². The zero-order valence-electron chi connectivity index (χ0n) is 21.4. The lowest BCUT2D eigenvalue weighted by Crippen LogP contribution is -2.25. The number of amides is 1. The summed E-state index contributed by atoms with van der Waals surface area (Å²) in [5, 5.41) is 3.05. The second-order valence-electron chi connectivity index (χ2n) is 11.2. The minimum absolute atomic E-state index is 0.0117. The molecule has 0 bridgehead atoms. The SMILES string of the molecule is C[C@@H]1COC2CC=CC=C2c2cc(C(=O)Nc3ccc(OC(C)(C)C)cc3)cc3nc(C4CC4)n1c23. The Hall–Kier alpha value is -3.38. The molecule has 2 heterocycles. The summed E-state index contributed by atoms with van der Waals surface area (Å²) in [6.07, 6.45) is 9.52. The molecule has 3 aromatic rings. The first-order valence-corrected chi connectivity index (χ1v) is 12.9. The number of ether oxygens (including phenoxy) is 2. The molecule has 6 heteroatoms. The van der Waals surface area contributed by atoms with Gasteiger partial charge in [-0.15, -0.1) is 0 Å². The van der Waals surface area contributed by atoms with Crippen molar-refractivity contribution in [3.8, 4) is 5.75 Å². The lowest BCUT2D eigenvalue weighted by Gasteiger charge is -2.30. The number of hydrogen-bond donors (Lipinski definition) is 1. The predicted octanol–water partition coefficient (Wildman–Crippen LogP) is 6.65. The second-order valence-corrected chi connectivity index (χ2v) is 11.2. The van der Waals surface area contributed by atoms with Crippen molar-refractivity contribution in [2.45, 2.75) is 70.6 Å². The van der Waals surface area contributed by atoms with Crippen LogP contribution in [0.25, 0.3) is 16.6 Å². The molecule has 1 fully saturated rings. The number of aromatic nitrogens is 2. The molecule has 2 aliphatic carbocycles. The number of carbonyl (C=O) groups excluding carboxylic acids is 1. The second kappa shape index (κ2) is 8.63. The van der Waals surface area contributed by atoms with Gasteiger partial charge >= 0.3 is 0 Å². The Morgan fingerprint density at radius 2 is 1.94 bits per heavy atom. The molecule has 1 saturated carbocycles. The van der Waals surface area contributed by atoms with Crippen molar-refractivity contribution in [3.63, 3.8) is 0 Å². The van der Waals surface area contributed by atoms with Gasteiger partial charge in [0, 0.05) is 22.7 Å². The van der Waals surface area contributed by atoms with Crippen LogP contribution in [0.2, 0.25) is 0 Å². The molecule has 36 heavy (non-hydrogen) atoms. The van der Waals surface area contributed by atoms with E-state index in [2.05, 4.69) is 35.0 Å². The molecule has 1 aliphatic heterocycles. The predicted molar refractivity (Wildman–Crippen MR) is 143 cm³/mol. The highest BCUT2D eigenvalue weighted by Crippen LogP contribution is 2.45. The molecule has 0 spiro atoms. The van der Waals surface area contributed by atoms with Gasteiger partial charge in [-0.3, -0.25) is 4.79 Å². The van der Waals surface area contributed by atoms with Crippen molar-refractivity contribution in [1.29, 1.82) is 0 Å². The average molecular weight is 484 g/mol. The summed E-state index contributed by atoms with van der Waals surface area (Å²) in [6, 6.07) is 11.7. The quantitative estimate of drug-likeness (QED) is 0.451. The van der Waals surface area contributed by atoms with Gasteiger partial charge in [-0.25, -0.2) is 4.98 Å². The molecule has 1 amide bonds. The minimum atomic E-state index is -0.274. The minimum Gasteiger partial charge on any atom is -0.488 e. The number of imidazole rings is 1. The van der Waals surface area contributed by atoms with Gasteiger partial charge in [0.15, 0.2) is 0 Å². The van der Waals surface area contributed by atoms with Crippen LogP contribution in [-0.4, -0.2) is 33.8 Å². The number of allylic oxidation sites excluding steroid dienone is 2. The van der Waals surface area contributed by atoms with E-state index in [9.17, 15) is 4.79 Å². The third-order valence-electron chi connectivity index (χ3n) is 6.95. The Bertz CT molecular complexity index is 1390. The number of fused-ring (bicyclic) bond motifs is 2. The third kappa shape index (κ3) is 4.35. The Labute approximate surface area is 212 Å². The van der Waals surface area contributed by atoms with Crippen molar-refractivity contribution in [2.75, 3.05) is 11.9 Å². The lowest BCUT2D eigenvalue weighted by molar-refractivity contribution is 0.0693. The standard InChI is InChI=1S/C30H33N3O3/c1-18-17-35-26-8-6-5-7-23(26)24-15-20(16-25-27(24)33(18)28(32-25)19-9-10-19)29(34)31-21-11-13-22(14-12-21)36-30(2,3)4/h5-7,11-16,18-19,26H,8-10,17H2,1-4H3,(H,31,34)/t18-,26?/m1/s1. The van der Waals surface area contributed by atoms with Gasteiger partial charge in [0.1, 0.15) is 17.2 Å². The Balaban J connectivity index is 1.40. The molecule has 0 saturated heterocycles. The Morgan fingerprint density at radius 1 is 1.17 bits per heavy atom. The van der Waals surface area contributed by atoms with Gasteiger partial charge in [0.2, 0.25) is 0 Å². The van der Waals surface area contributed by atoms with Gasteiger partial charge in [0.05, 0.1) is 29.8 Å². The van der Waals surface area contributed by atoms with Gasteiger partial charge in [-0.05, 0) is 88.9 Å². The molecular weight excluding hydrogens is 450 g/mol. The normalized spacial score (nSPS) is 21.4. The summed E-state index contributed by atoms with van der Waals surface area (Å²) in [6.45, 7) is 8.90. The van der Waals surface area contributed by atoms with Crippen molar-refractivity contribution < 1.29 is 14.3 Å². The van der Waals surface area contributed by atoms with E-state index >= 15 is 0 Å². The van der Waals surface area contributed by atoms with Gasteiger partial charge < -0.3 is 19.4 Å². The maximum Gasteiger partial charge on any atom is 0.255 e. The zero-order valence-corrected chi connectivity index (χ0v) is 21.4. The fourth-order valence-corrected chi connectivity index (χ4v) is 5.20. The highest BCUT2D eigenvalue weighted by Gasteiger charge is 2.34. The van der Waals surface area contributed by atoms with Crippen LogP contribution in [0, 0.1) is 0 Å².